The van der Waals surface area contributed by atoms with Gasteiger partial charge in [0.05, 0.1) is 17.6 Å². The van der Waals surface area contributed by atoms with Crippen molar-refractivity contribution in [1.29, 1.82) is 0 Å². The number of piperazine rings is 1. The number of benzene rings is 1. The number of aromatic nitrogens is 5. The monoisotopic (exact) mass is 477 g/mol. The van der Waals surface area contributed by atoms with Crippen LogP contribution in [-0.4, -0.2) is 55.4 Å². The summed E-state index contributed by atoms with van der Waals surface area (Å²) in [5, 5.41) is 0. The summed E-state index contributed by atoms with van der Waals surface area (Å²) < 4.78 is 2.23. The highest BCUT2D eigenvalue weighted by atomic mass is 15.3. The number of rotatable bonds is 4. The van der Waals surface area contributed by atoms with Gasteiger partial charge in [0.2, 0.25) is 0 Å². The lowest BCUT2D eigenvalue weighted by Gasteiger charge is -2.36. The topological polar surface area (TPSA) is 62.5 Å². The largest absolute Gasteiger partial charge is 0.355 e. The maximum atomic E-state index is 4.93. The van der Waals surface area contributed by atoms with Crippen molar-refractivity contribution in [2.75, 3.05) is 31.1 Å². The molecule has 1 aliphatic rings. The molecule has 7 nitrogen and oxygen atoms in total. The molecule has 1 aromatic carbocycles. The van der Waals surface area contributed by atoms with Gasteiger partial charge in [0.25, 0.3) is 0 Å². The Hall–Kier alpha value is -3.84. The summed E-state index contributed by atoms with van der Waals surface area (Å²) in [6.07, 6.45) is 5.81. The van der Waals surface area contributed by atoms with Crippen LogP contribution in [-0.2, 0) is 12.0 Å². The molecule has 0 atom stereocenters. The molecule has 0 aliphatic carbocycles. The van der Waals surface area contributed by atoms with Gasteiger partial charge in [-0.1, -0.05) is 51.1 Å². The number of fused-ring (bicyclic) bond motifs is 2. The van der Waals surface area contributed by atoms with Crippen molar-refractivity contribution in [2.45, 2.75) is 32.7 Å². The van der Waals surface area contributed by atoms with Crippen LogP contribution in [0.5, 0.6) is 0 Å². The second-order valence-corrected chi connectivity index (χ2v) is 10.5. The standard InChI is InChI=1S/C29H31N7/c1-29(2,3)22-11-9-21(10-12-22)25-20-36-26(33-25)7-4-8-27(36)35-16-14-34(15-17-35)19-23-18-31-24-6-5-13-30-28(24)32-23/h4-13,18,20H,14-17,19H2,1-3H3. The summed E-state index contributed by atoms with van der Waals surface area (Å²) in [4.78, 5) is 23.4. The van der Waals surface area contributed by atoms with Crippen molar-refractivity contribution in [1.82, 2.24) is 29.2 Å². The molecule has 0 bridgehead atoms. The Morgan fingerprint density at radius 1 is 0.833 bits per heavy atom. The molecule has 5 heterocycles. The normalized spacial score (nSPS) is 15.1. The number of anilines is 1. The first-order valence-electron chi connectivity index (χ1n) is 12.6. The quantitative estimate of drug-likeness (QED) is 0.365. The van der Waals surface area contributed by atoms with Gasteiger partial charge in [0, 0.05) is 50.7 Å². The number of hydrogen-bond acceptors (Lipinski definition) is 6. The Kier molecular flexibility index (Phi) is 5.64. The lowest BCUT2D eigenvalue weighted by atomic mass is 9.86. The molecule has 182 valence electrons. The molecular weight excluding hydrogens is 446 g/mol. The third-order valence-electron chi connectivity index (χ3n) is 6.97. The number of pyridine rings is 2. The summed E-state index contributed by atoms with van der Waals surface area (Å²) >= 11 is 0. The molecule has 0 spiro atoms. The molecule has 0 unspecified atom stereocenters. The highest BCUT2D eigenvalue weighted by molar-refractivity contribution is 5.68. The van der Waals surface area contributed by atoms with Crippen LogP contribution in [0.1, 0.15) is 32.0 Å². The van der Waals surface area contributed by atoms with Gasteiger partial charge in [-0.15, -0.1) is 0 Å². The second kappa shape index (κ2) is 8.99. The van der Waals surface area contributed by atoms with E-state index in [2.05, 4.69) is 93.6 Å². The van der Waals surface area contributed by atoms with Crippen LogP contribution in [0, 0.1) is 0 Å². The van der Waals surface area contributed by atoms with Crippen LogP contribution in [0.2, 0.25) is 0 Å². The fourth-order valence-corrected chi connectivity index (χ4v) is 4.86. The molecule has 7 heteroatoms. The van der Waals surface area contributed by atoms with Gasteiger partial charge >= 0.3 is 0 Å². The molecule has 1 fully saturated rings. The summed E-state index contributed by atoms with van der Waals surface area (Å²) in [5.41, 5.74) is 7.12. The number of nitrogens with zero attached hydrogens (tertiary/aromatic N) is 7. The van der Waals surface area contributed by atoms with E-state index in [1.807, 2.05) is 18.3 Å². The van der Waals surface area contributed by atoms with Gasteiger partial charge in [-0.25, -0.2) is 15.0 Å². The molecule has 6 rings (SSSR count). The van der Waals surface area contributed by atoms with E-state index in [0.717, 1.165) is 60.8 Å². The lowest BCUT2D eigenvalue weighted by Crippen LogP contribution is -2.46. The van der Waals surface area contributed by atoms with Crippen molar-refractivity contribution in [3.63, 3.8) is 0 Å². The lowest BCUT2D eigenvalue weighted by molar-refractivity contribution is 0.246. The predicted octanol–water partition coefficient (Wildman–Crippen LogP) is 4.96. The molecule has 0 saturated carbocycles. The third-order valence-corrected chi connectivity index (χ3v) is 6.97. The van der Waals surface area contributed by atoms with Crippen molar-refractivity contribution in [3.05, 3.63) is 84.4 Å². The van der Waals surface area contributed by atoms with Crippen molar-refractivity contribution < 1.29 is 0 Å². The van der Waals surface area contributed by atoms with Gasteiger partial charge in [-0.3, -0.25) is 14.3 Å². The fraction of sp³-hybridized carbons (Fsp3) is 0.310. The Morgan fingerprint density at radius 3 is 2.42 bits per heavy atom. The number of hydrogen-bond donors (Lipinski definition) is 0. The third kappa shape index (κ3) is 4.42. The average molecular weight is 478 g/mol. The minimum atomic E-state index is 0.143. The predicted molar refractivity (Wildman–Crippen MR) is 144 cm³/mol. The highest BCUT2D eigenvalue weighted by Gasteiger charge is 2.20. The van der Waals surface area contributed by atoms with Gasteiger partial charge in [-0.05, 0) is 35.2 Å². The van der Waals surface area contributed by atoms with Gasteiger partial charge < -0.3 is 4.90 Å². The van der Waals surface area contributed by atoms with Crippen molar-refractivity contribution >= 4 is 22.6 Å². The van der Waals surface area contributed by atoms with Crippen LogP contribution in [0.3, 0.4) is 0 Å². The smallest absolute Gasteiger partial charge is 0.178 e. The average Bonchev–Trinajstić information content (AvgIpc) is 3.33. The van der Waals surface area contributed by atoms with Crippen LogP contribution in [0.4, 0.5) is 5.82 Å². The Balaban J connectivity index is 1.17. The Morgan fingerprint density at radius 2 is 1.64 bits per heavy atom. The van der Waals surface area contributed by atoms with E-state index < -0.39 is 0 Å². The SMILES string of the molecule is CC(C)(C)c1ccc(-c2cn3c(N4CCN(Cc5cnc6cccnc6n5)CC4)cccc3n2)cc1. The summed E-state index contributed by atoms with van der Waals surface area (Å²) in [5.74, 6) is 1.19. The molecule has 1 saturated heterocycles. The van der Waals surface area contributed by atoms with E-state index in [9.17, 15) is 0 Å². The molecule has 36 heavy (non-hydrogen) atoms. The first kappa shape index (κ1) is 22.6. The first-order chi connectivity index (χ1) is 17.4. The molecule has 4 aromatic heterocycles. The zero-order valence-corrected chi connectivity index (χ0v) is 21.1. The Bertz CT molecular complexity index is 1510. The summed E-state index contributed by atoms with van der Waals surface area (Å²) in [7, 11) is 0. The maximum Gasteiger partial charge on any atom is 0.178 e. The zero-order chi connectivity index (χ0) is 24.7. The van der Waals surface area contributed by atoms with Crippen LogP contribution < -0.4 is 4.90 Å². The second-order valence-electron chi connectivity index (χ2n) is 10.5. The Labute approximate surface area is 211 Å². The highest BCUT2D eigenvalue weighted by Crippen LogP contribution is 2.28. The van der Waals surface area contributed by atoms with Crippen LogP contribution in [0.15, 0.2) is 73.2 Å². The van der Waals surface area contributed by atoms with E-state index >= 15 is 0 Å². The van der Waals surface area contributed by atoms with Gasteiger partial charge in [-0.2, -0.15) is 0 Å². The minimum absolute atomic E-state index is 0.143. The van der Waals surface area contributed by atoms with Crippen LogP contribution in [0.25, 0.3) is 28.1 Å². The fourth-order valence-electron chi connectivity index (χ4n) is 4.86. The number of imidazole rings is 1. The van der Waals surface area contributed by atoms with Crippen molar-refractivity contribution in [3.8, 4) is 11.3 Å². The minimum Gasteiger partial charge on any atom is -0.355 e. The van der Waals surface area contributed by atoms with Gasteiger partial charge in [0.1, 0.15) is 17.0 Å². The molecule has 5 aromatic rings. The van der Waals surface area contributed by atoms with E-state index in [1.54, 1.807) is 6.20 Å². The molecule has 0 amide bonds. The van der Waals surface area contributed by atoms with Crippen LogP contribution >= 0.6 is 0 Å². The van der Waals surface area contributed by atoms with Gasteiger partial charge in [0.15, 0.2) is 5.65 Å². The summed E-state index contributed by atoms with van der Waals surface area (Å²) in [6.45, 7) is 11.3. The molecular formula is C29H31N7. The van der Waals surface area contributed by atoms with E-state index in [-0.39, 0.29) is 5.41 Å². The first-order valence-corrected chi connectivity index (χ1v) is 12.6. The zero-order valence-electron chi connectivity index (χ0n) is 21.1. The summed E-state index contributed by atoms with van der Waals surface area (Å²) in [6, 6.07) is 19.0. The van der Waals surface area contributed by atoms with E-state index in [0.29, 0.717) is 5.65 Å². The molecule has 0 N–H and O–H groups in total. The maximum absolute atomic E-state index is 4.93. The van der Waals surface area contributed by atoms with Crippen molar-refractivity contribution in [2.24, 2.45) is 0 Å². The molecule has 0 radical (unpaired) electrons. The molecule has 1 aliphatic heterocycles. The van der Waals surface area contributed by atoms with E-state index in [4.69, 9.17) is 9.97 Å². The van der Waals surface area contributed by atoms with E-state index in [1.165, 1.54) is 11.4 Å².